The summed E-state index contributed by atoms with van der Waals surface area (Å²) in [6.07, 6.45) is 5.50. The van der Waals surface area contributed by atoms with Crippen LogP contribution in [0.4, 0.5) is 4.79 Å². The third-order valence-electron chi connectivity index (χ3n) is 4.25. The van der Waals surface area contributed by atoms with Crippen LogP contribution >= 0.6 is 0 Å². The minimum absolute atomic E-state index is 0.0737. The molecular formula is C16H21N5O3. The second kappa shape index (κ2) is 6.94. The summed E-state index contributed by atoms with van der Waals surface area (Å²) in [4.78, 5) is 45.7. The summed E-state index contributed by atoms with van der Waals surface area (Å²) >= 11 is 0. The Kier molecular flexibility index (Phi) is 4.73. The van der Waals surface area contributed by atoms with Gasteiger partial charge in [-0.2, -0.15) is 0 Å². The van der Waals surface area contributed by atoms with Gasteiger partial charge in [0, 0.05) is 18.4 Å². The highest BCUT2D eigenvalue weighted by Crippen LogP contribution is 2.18. The number of nitrogens with zero attached hydrogens (tertiary/aromatic N) is 3. The van der Waals surface area contributed by atoms with Crippen molar-refractivity contribution in [1.29, 1.82) is 0 Å². The standard InChI is InChI=1S/C16H21N5O3/c1-2-6-21-15(23)12(20-16(21)24)7-14(22)18-9-13-17-8-10-4-3-5-11(10)19-13/h8,12H,2-7,9H2,1H3,(H,18,22)(H,20,24). The van der Waals surface area contributed by atoms with Gasteiger partial charge in [0.05, 0.1) is 13.0 Å². The quantitative estimate of drug-likeness (QED) is 0.730. The van der Waals surface area contributed by atoms with Gasteiger partial charge in [-0.15, -0.1) is 0 Å². The van der Waals surface area contributed by atoms with Gasteiger partial charge < -0.3 is 10.6 Å². The lowest BCUT2D eigenvalue weighted by molar-refractivity contribution is -0.130. The Morgan fingerprint density at radius 3 is 3.04 bits per heavy atom. The zero-order chi connectivity index (χ0) is 17.1. The number of imide groups is 1. The molecule has 0 aromatic carbocycles. The lowest BCUT2D eigenvalue weighted by atomic mass is 10.2. The predicted octanol–water partition coefficient (Wildman–Crippen LogP) is 0.302. The molecule has 1 unspecified atom stereocenters. The van der Waals surface area contributed by atoms with Crippen LogP contribution in [0.5, 0.6) is 0 Å². The number of rotatable bonds is 6. The molecule has 2 heterocycles. The van der Waals surface area contributed by atoms with Crippen LogP contribution in [0.25, 0.3) is 0 Å². The van der Waals surface area contributed by atoms with Crippen molar-refractivity contribution in [1.82, 2.24) is 25.5 Å². The van der Waals surface area contributed by atoms with E-state index in [-0.39, 0.29) is 24.8 Å². The lowest BCUT2D eigenvalue weighted by Crippen LogP contribution is -2.36. The molecule has 1 saturated heterocycles. The number of aromatic nitrogens is 2. The molecule has 1 aliphatic heterocycles. The number of urea groups is 1. The van der Waals surface area contributed by atoms with Gasteiger partial charge in [0.2, 0.25) is 5.91 Å². The fourth-order valence-electron chi connectivity index (χ4n) is 3.03. The van der Waals surface area contributed by atoms with E-state index in [1.165, 1.54) is 5.56 Å². The van der Waals surface area contributed by atoms with Crippen LogP contribution in [0.15, 0.2) is 6.20 Å². The van der Waals surface area contributed by atoms with Crippen molar-refractivity contribution in [2.24, 2.45) is 0 Å². The van der Waals surface area contributed by atoms with Gasteiger partial charge in [0.25, 0.3) is 5.91 Å². The first-order chi connectivity index (χ1) is 11.6. The third kappa shape index (κ3) is 3.37. The summed E-state index contributed by atoms with van der Waals surface area (Å²) in [5.74, 6) is -0.0831. The molecule has 0 spiro atoms. The first-order valence-electron chi connectivity index (χ1n) is 8.30. The van der Waals surface area contributed by atoms with Crippen molar-refractivity contribution in [3.05, 3.63) is 23.3 Å². The van der Waals surface area contributed by atoms with E-state index >= 15 is 0 Å². The third-order valence-corrected chi connectivity index (χ3v) is 4.25. The van der Waals surface area contributed by atoms with Crippen molar-refractivity contribution in [3.8, 4) is 0 Å². The highest BCUT2D eigenvalue weighted by Gasteiger charge is 2.38. The fourth-order valence-corrected chi connectivity index (χ4v) is 3.03. The molecule has 0 bridgehead atoms. The van der Waals surface area contributed by atoms with Crippen molar-refractivity contribution in [3.63, 3.8) is 0 Å². The molecule has 1 aliphatic carbocycles. The maximum Gasteiger partial charge on any atom is 0.324 e. The minimum Gasteiger partial charge on any atom is -0.349 e. The van der Waals surface area contributed by atoms with Gasteiger partial charge in [-0.05, 0) is 31.2 Å². The molecule has 8 heteroatoms. The zero-order valence-corrected chi connectivity index (χ0v) is 13.7. The summed E-state index contributed by atoms with van der Waals surface area (Å²) in [6.45, 7) is 2.47. The Hall–Kier alpha value is -2.51. The Morgan fingerprint density at radius 2 is 2.25 bits per heavy atom. The average Bonchev–Trinajstić information content (AvgIpc) is 3.13. The zero-order valence-electron chi connectivity index (χ0n) is 13.7. The van der Waals surface area contributed by atoms with E-state index in [2.05, 4.69) is 20.6 Å². The molecule has 8 nitrogen and oxygen atoms in total. The normalized spacial score (nSPS) is 19.4. The molecule has 128 valence electrons. The van der Waals surface area contributed by atoms with E-state index < -0.39 is 12.1 Å². The molecule has 0 radical (unpaired) electrons. The molecule has 1 fully saturated rings. The van der Waals surface area contributed by atoms with Crippen LogP contribution in [-0.2, 0) is 29.0 Å². The van der Waals surface area contributed by atoms with Crippen LogP contribution < -0.4 is 10.6 Å². The van der Waals surface area contributed by atoms with Crippen LogP contribution in [0.1, 0.15) is 43.3 Å². The van der Waals surface area contributed by atoms with Crippen molar-refractivity contribution in [2.75, 3.05) is 6.54 Å². The summed E-state index contributed by atoms with van der Waals surface area (Å²) < 4.78 is 0. The van der Waals surface area contributed by atoms with Crippen molar-refractivity contribution in [2.45, 2.75) is 51.6 Å². The second-order valence-electron chi connectivity index (χ2n) is 6.08. The summed E-state index contributed by atoms with van der Waals surface area (Å²) in [7, 11) is 0. The summed E-state index contributed by atoms with van der Waals surface area (Å²) in [6, 6.07) is -1.22. The number of nitrogens with one attached hydrogen (secondary N) is 2. The van der Waals surface area contributed by atoms with Gasteiger partial charge in [-0.3, -0.25) is 14.5 Å². The predicted molar refractivity (Wildman–Crippen MR) is 84.8 cm³/mol. The number of carbonyl (C=O) groups excluding carboxylic acids is 3. The van der Waals surface area contributed by atoms with Gasteiger partial charge >= 0.3 is 6.03 Å². The van der Waals surface area contributed by atoms with Gasteiger partial charge in [-0.25, -0.2) is 14.8 Å². The number of hydrogen-bond donors (Lipinski definition) is 2. The van der Waals surface area contributed by atoms with Crippen molar-refractivity contribution >= 4 is 17.8 Å². The van der Waals surface area contributed by atoms with E-state index in [4.69, 9.17) is 0 Å². The van der Waals surface area contributed by atoms with E-state index in [9.17, 15) is 14.4 Å². The highest BCUT2D eigenvalue weighted by atomic mass is 16.2. The Morgan fingerprint density at radius 1 is 1.42 bits per heavy atom. The fraction of sp³-hybridized carbons (Fsp3) is 0.562. The summed E-state index contributed by atoms with van der Waals surface area (Å²) in [5, 5.41) is 5.26. The second-order valence-corrected chi connectivity index (χ2v) is 6.08. The number of aryl methyl sites for hydroxylation is 2. The first-order valence-corrected chi connectivity index (χ1v) is 8.30. The van der Waals surface area contributed by atoms with Crippen LogP contribution in [-0.4, -0.2) is 45.3 Å². The molecule has 0 saturated carbocycles. The number of hydrogen-bond acceptors (Lipinski definition) is 5. The molecule has 2 N–H and O–H groups in total. The first kappa shape index (κ1) is 16.4. The van der Waals surface area contributed by atoms with E-state index in [0.29, 0.717) is 18.8 Å². The van der Waals surface area contributed by atoms with E-state index in [1.54, 1.807) is 0 Å². The molecule has 24 heavy (non-hydrogen) atoms. The van der Waals surface area contributed by atoms with Crippen LogP contribution in [0.3, 0.4) is 0 Å². The largest absolute Gasteiger partial charge is 0.349 e. The van der Waals surface area contributed by atoms with Gasteiger partial charge in [0.1, 0.15) is 11.9 Å². The summed E-state index contributed by atoms with van der Waals surface area (Å²) in [5.41, 5.74) is 2.24. The number of carbonyl (C=O) groups is 3. The maximum absolute atomic E-state index is 12.1. The maximum atomic E-state index is 12.1. The van der Waals surface area contributed by atoms with Crippen LogP contribution in [0, 0.1) is 0 Å². The highest BCUT2D eigenvalue weighted by molar-refractivity contribution is 6.05. The molecule has 1 aromatic rings. The van der Waals surface area contributed by atoms with E-state index in [1.807, 2.05) is 13.1 Å². The Labute approximate surface area is 140 Å². The van der Waals surface area contributed by atoms with E-state index in [0.717, 1.165) is 29.9 Å². The molecular weight excluding hydrogens is 310 g/mol. The topological polar surface area (TPSA) is 104 Å². The molecule has 2 aliphatic rings. The minimum atomic E-state index is -0.787. The Balaban J connectivity index is 1.51. The monoisotopic (exact) mass is 331 g/mol. The van der Waals surface area contributed by atoms with Gasteiger partial charge in [0.15, 0.2) is 0 Å². The molecule has 1 aromatic heterocycles. The number of amides is 4. The SMILES string of the molecule is CCCN1C(=O)NC(CC(=O)NCc2ncc3c(n2)CCC3)C1=O. The lowest BCUT2D eigenvalue weighted by Gasteiger charge is -2.11. The molecule has 4 amide bonds. The Bertz CT molecular complexity index is 676. The van der Waals surface area contributed by atoms with Crippen LogP contribution in [0.2, 0.25) is 0 Å². The van der Waals surface area contributed by atoms with Crippen molar-refractivity contribution < 1.29 is 14.4 Å². The van der Waals surface area contributed by atoms with Gasteiger partial charge in [-0.1, -0.05) is 6.92 Å². The smallest absolute Gasteiger partial charge is 0.324 e. The molecule has 1 atom stereocenters. The number of fused-ring (bicyclic) bond motifs is 1. The molecule has 3 rings (SSSR count). The average molecular weight is 331 g/mol.